The lowest BCUT2D eigenvalue weighted by Gasteiger charge is -2.06. The van der Waals surface area contributed by atoms with Crippen molar-refractivity contribution < 1.29 is 13.9 Å². The molecule has 0 atom stereocenters. The molecule has 18 heavy (non-hydrogen) atoms. The number of aromatic nitrogens is 2. The number of carbonyl (C=O) groups is 1. The number of rotatable bonds is 4. The molecule has 5 heteroatoms. The molecule has 4 nitrogen and oxygen atoms in total. The quantitative estimate of drug-likeness (QED) is 0.780. The highest BCUT2D eigenvalue weighted by Gasteiger charge is 2.20. The predicted molar refractivity (Wildman–Crippen MR) is 64.3 cm³/mol. The van der Waals surface area contributed by atoms with Crippen LogP contribution in [0.3, 0.4) is 0 Å². The van der Waals surface area contributed by atoms with E-state index in [1.54, 1.807) is 4.68 Å². The molecule has 0 aliphatic rings. The molecule has 1 heterocycles. The lowest BCUT2D eigenvalue weighted by molar-refractivity contribution is 0.102. The van der Waals surface area contributed by atoms with Crippen molar-refractivity contribution in [1.82, 2.24) is 9.78 Å². The Balaban J connectivity index is 2.44. The summed E-state index contributed by atoms with van der Waals surface area (Å²) in [5, 5.41) is 4.07. The van der Waals surface area contributed by atoms with Crippen LogP contribution in [-0.2, 0) is 6.54 Å². The van der Waals surface area contributed by atoms with E-state index in [1.165, 1.54) is 37.6 Å². The summed E-state index contributed by atoms with van der Waals surface area (Å²) in [5.74, 6) is -0.181. The molecule has 0 bridgehead atoms. The minimum Gasteiger partial charge on any atom is -0.493 e. The molecule has 0 saturated heterocycles. The highest BCUT2D eigenvalue weighted by atomic mass is 19.1. The maximum Gasteiger partial charge on any atom is 0.214 e. The molecule has 0 aliphatic carbocycles. The zero-order valence-electron chi connectivity index (χ0n) is 10.2. The van der Waals surface area contributed by atoms with Crippen molar-refractivity contribution >= 4 is 5.78 Å². The van der Waals surface area contributed by atoms with Gasteiger partial charge in [-0.15, -0.1) is 0 Å². The van der Waals surface area contributed by atoms with Crippen molar-refractivity contribution in [3.8, 4) is 5.75 Å². The van der Waals surface area contributed by atoms with Crippen LogP contribution in [0.2, 0.25) is 0 Å². The maximum absolute atomic E-state index is 12.8. The molecule has 1 aromatic heterocycles. The van der Waals surface area contributed by atoms with Crippen molar-refractivity contribution in [2.75, 3.05) is 7.11 Å². The summed E-state index contributed by atoms with van der Waals surface area (Å²) in [6.45, 7) is 2.44. The summed E-state index contributed by atoms with van der Waals surface area (Å²) in [6, 6.07) is 5.41. The van der Waals surface area contributed by atoms with Gasteiger partial charge in [-0.25, -0.2) is 4.39 Å². The van der Waals surface area contributed by atoms with Gasteiger partial charge < -0.3 is 4.74 Å². The molecule has 2 rings (SSSR count). The fourth-order valence-corrected chi connectivity index (χ4v) is 1.72. The average Bonchev–Trinajstić information content (AvgIpc) is 2.81. The van der Waals surface area contributed by atoms with E-state index in [4.69, 9.17) is 4.74 Å². The van der Waals surface area contributed by atoms with Gasteiger partial charge >= 0.3 is 0 Å². The van der Waals surface area contributed by atoms with Crippen molar-refractivity contribution in [3.63, 3.8) is 0 Å². The van der Waals surface area contributed by atoms with Gasteiger partial charge in [-0.1, -0.05) is 0 Å². The third kappa shape index (κ3) is 2.11. The van der Waals surface area contributed by atoms with E-state index in [2.05, 4.69) is 5.10 Å². The first-order valence-corrected chi connectivity index (χ1v) is 5.57. The molecular weight excluding hydrogens is 235 g/mol. The molecular formula is C13H13FN2O2. The zero-order chi connectivity index (χ0) is 13.1. The van der Waals surface area contributed by atoms with Crippen LogP contribution in [0.4, 0.5) is 4.39 Å². The summed E-state index contributed by atoms with van der Waals surface area (Å²) in [7, 11) is 1.48. The predicted octanol–water partition coefficient (Wildman–Crippen LogP) is 2.28. The van der Waals surface area contributed by atoms with E-state index in [-0.39, 0.29) is 11.6 Å². The van der Waals surface area contributed by atoms with Crippen LogP contribution in [0.5, 0.6) is 5.75 Å². The second-order valence-corrected chi connectivity index (χ2v) is 3.71. The molecule has 0 spiro atoms. The van der Waals surface area contributed by atoms with Crippen LogP contribution in [0.25, 0.3) is 0 Å². The average molecular weight is 248 g/mol. The van der Waals surface area contributed by atoms with Gasteiger partial charge in [0.05, 0.1) is 13.3 Å². The second kappa shape index (κ2) is 5.00. The van der Waals surface area contributed by atoms with Crippen LogP contribution in [0, 0.1) is 5.82 Å². The number of benzene rings is 1. The largest absolute Gasteiger partial charge is 0.493 e. The van der Waals surface area contributed by atoms with Crippen molar-refractivity contribution in [2.24, 2.45) is 0 Å². The van der Waals surface area contributed by atoms with E-state index < -0.39 is 0 Å². The Bertz CT molecular complexity index is 539. The van der Waals surface area contributed by atoms with Crippen molar-refractivity contribution in [2.45, 2.75) is 13.5 Å². The number of hydrogen-bond donors (Lipinski definition) is 0. The van der Waals surface area contributed by atoms with E-state index in [1.807, 2.05) is 6.92 Å². The Kier molecular flexibility index (Phi) is 3.41. The van der Waals surface area contributed by atoms with E-state index >= 15 is 0 Å². The molecule has 2 aromatic rings. The van der Waals surface area contributed by atoms with Gasteiger partial charge in [0.2, 0.25) is 5.78 Å². The Morgan fingerprint density at radius 3 is 2.61 bits per heavy atom. The third-order valence-electron chi connectivity index (χ3n) is 2.65. The molecule has 0 aliphatic heterocycles. The molecule has 0 unspecified atom stereocenters. The van der Waals surface area contributed by atoms with Gasteiger partial charge in [0, 0.05) is 12.1 Å². The molecule has 94 valence electrons. The summed E-state index contributed by atoms with van der Waals surface area (Å²) >= 11 is 0. The highest BCUT2D eigenvalue weighted by molar-refractivity contribution is 6.09. The van der Waals surface area contributed by atoms with Crippen LogP contribution in [0.1, 0.15) is 23.0 Å². The number of aryl methyl sites for hydroxylation is 1. The molecule has 0 saturated carbocycles. The summed E-state index contributed by atoms with van der Waals surface area (Å²) in [4.78, 5) is 12.3. The fraction of sp³-hybridized carbons (Fsp3) is 0.231. The Morgan fingerprint density at radius 2 is 2.06 bits per heavy atom. The number of carbonyl (C=O) groups excluding carboxylic acids is 1. The number of nitrogens with zero attached hydrogens (tertiary/aromatic N) is 2. The second-order valence-electron chi connectivity index (χ2n) is 3.71. The standard InChI is InChI=1S/C13H13FN2O2/c1-3-16-12(11(18-2)8-15-16)13(17)9-4-6-10(14)7-5-9/h4-8H,3H2,1-2H3. The Labute approximate surface area is 104 Å². The first-order chi connectivity index (χ1) is 8.67. The third-order valence-corrected chi connectivity index (χ3v) is 2.65. The maximum atomic E-state index is 12.8. The van der Waals surface area contributed by atoms with Gasteiger partial charge in [-0.2, -0.15) is 5.10 Å². The molecule has 0 N–H and O–H groups in total. The minimum absolute atomic E-state index is 0.230. The first kappa shape index (κ1) is 12.3. The van der Waals surface area contributed by atoms with E-state index in [9.17, 15) is 9.18 Å². The number of ketones is 1. The van der Waals surface area contributed by atoms with Gasteiger partial charge in [-0.05, 0) is 31.2 Å². The number of hydrogen-bond acceptors (Lipinski definition) is 3. The van der Waals surface area contributed by atoms with Gasteiger partial charge in [0.1, 0.15) is 5.82 Å². The number of methoxy groups -OCH3 is 1. The Morgan fingerprint density at radius 1 is 1.39 bits per heavy atom. The highest BCUT2D eigenvalue weighted by Crippen LogP contribution is 2.21. The Hall–Kier alpha value is -2.17. The summed E-state index contributed by atoms with van der Waals surface area (Å²) in [5.41, 5.74) is 0.788. The zero-order valence-corrected chi connectivity index (χ0v) is 10.2. The fourth-order valence-electron chi connectivity index (χ4n) is 1.72. The van der Waals surface area contributed by atoms with Crippen LogP contribution >= 0.6 is 0 Å². The van der Waals surface area contributed by atoms with Crippen LogP contribution in [-0.4, -0.2) is 22.7 Å². The van der Waals surface area contributed by atoms with E-state index in [0.717, 1.165) is 0 Å². The first-order valence-electron chi connectivity index (χ1n) is 5.57. The van der Waals surface area contributed by atoms with Gasteiger partial charge in [-0.3, -0.25) is 9.48 Å². The van der Waals surface area contributed by atoms with E-state index in [0.29, 0.717) is 23.6 Å². The minimum atomic E-state index is -0.373. The molecule has 1 aromatic carbocycles. The lowest BCUT2D eigenvalue weighted by atomic mass is 10.1. The van der Waals surface area contributed by atoms with Crippen LogP contribution in [0.15, 0.2) is 30.5 Å². The van der Waals surface area contributed by atoms with Crippen LogP contribution < -0.4 is 4.74 Å². The summed E-state index contributed by atoms with van der Waals surface area (Å²) < 4.78 is 19.5. The number of ether oxygens (including phenoxy) is 1. The van der Waals surface area contributed by atoms with Crippen molar-refractivity contribution in [1.29, 1.82) is 0 Å². The monoisotopic (exact) mass is 248 g/mol. The smallest absolute Gasteiger partial charge is 0.214 e. The molecule has 0 fully saturated rings. The van der Waals surface area contributed by atoms with Crippen molar-refractivity contribution in [3.05, 3.63) is 47.5 Å². The SMILES string of the molecule is CCn1ncc(OC)c1C(=O)c1ccc(F)cc1. The normalized spacial score (nSPS) is 10.4. The molecule has 0 radical (unpaired) electrons. The van der Waals surface area contributed by atoms with Gasteiger partial charge in [0.15, 0.2) is 11.4 Å². The van der Waals surface area contributed by atoms with Gasteiger partial charge in [0.25, 0.3) is 0 Å². The summed E-state index contributed by atoms with van der Waals surface area (Å²) in [6.07, 6.45) is 1.50. The lowest BCUT2D eigenvalue weighted by Crippen LogP contribution is -2.11. The number of halogens is 1. The molecule has 0 amide bonds. The topological polar surface area (TPSA) is 44.1 Å².